The molecule has 0 aromatic heterocycles. The quantitative estimate of drug-likeness (QED) is 0.727. The number of halogens is 1. The Morgan fingerprint density at radius 3 is 2.75 bits per heavy atom. The second-order valence-corrected chi connectivity index (χ2v) is 2.64. The number of hydrogen-bond acceptors (Lipinski definition) is 2. The Morgan fingerprint density at radius 1 is 1.50 bits per heavy atom. The topological polar surface area (TPSA) is 55.1 Å². The highest BCUT2D eigenvalue weighted by molar-refractivity contribution is 6.33. The standard InChI is InChI=1S/C8H9ClN2O/c9-6-3-1-2-4-7(6)11-8(12)5-10/h1-4H,5,10H2,(H,11,12). The Bertz CT molecular complexity index is 288. The summed E-state index contributed by atoms with van der Waals surface area (Å²) in [5.41, 5.74) is 5.71. The number of hydrogen-bond donors (Lipinski definition) is 2. The van der Waals surface area contributed by atoms with Crippen LogP contribution in [-0.2, 0) is 4.79 Å². The molecule has 1 amide bonds. The second kappa shape index (κ2) is 4.09. The van der Waals surface area contributed by atoms with E-state index in [1.807, 2.05) is 0 Å². The lowest BCUT2D eigenvalue weighted by molar-refractivity contribution is -0.114. The molecule has 12 heavy (non-hydrogen) atoms. The lowest BCUT2D eigenvalue weighted by Gasteiger charge is -2.04. The first-order valence-electron chi connectivity index (χ1n) is 3.48. The van der Waals surface area contributed by atoms with Gasteiger partial charge in [0.15, 0.2) is 0 Å². The van der Waals surface area contributed by atoms with Gasteiger partial charge in [0.1, 0.15) is 0 Å². The number of nitrogens with two attached hydrogens (primary N) is 1. The van der Waals surface area contributed by atoms with Crippen molar-refractivity contribution >= 4 is 23.2 Å². The first-order chi connectivity index (χ1) is 5.74. The van der Waals surface area contributed by atoms with Crippen LogP contribution in [0.3, 0.4) is 0 Å². The Labute approximate surface area is 75.5 Å². The minimum Gasteiger partial charge on any atom is -0.324 e. The number of carbonyl (C=O) groups is 1. The predicted octanol–water partition coefficient (Wildman–Crippen LogP) is 1.24. The van der Waals surface area contributed by atoms with E-state index in [4.69, 9.17) is 17.3 Å². The van der Waals surface area contributed by atoms with Crippen molar-refractivity contribution in [2.75, 3.05) is 11.9 Å². The van der Waals surface area contributed by atoms with Gasteiger partial charge in [-0.25, -0.2) is 0 Å². The van der Waals surface area contributed by atoms with Gasteiger partial charge in [-0.2, -0.15) is 0 Å². The number of rotatable bonds is 2. The van der Waals surface area contributed by atoms with Crippen molar-refractivity contribution < 1.29 is 4.79 Å². The van der Waals surface area contributed by atoms with Crippen LogP contribution in [0.5, 0.6) is 0 Å². The molecule has 1 aromatic carbocycles. The molecule has 64 valence electrons. The number of carbonyl (C=O) groups excluding carboxylic acids is 1. The van der Waals surface area contributed by atoms with Crippen LogP contribution in [0, 0.1) is 0 Å². The third kappa shape index (κ3) is 2.22. The Kier molecular flexibility index (Phi) is 3.08. The molecule has 0 saturated carbocycles. The van der Waals surface area contributed by atoms with Crippen molar-refractivity contribution in [3.05, 3.63) is 29.3 Å². The SMILES string of the molecule is NCC(=O)Nc1ccccc1Cl. The molecule has 0 unspecified atom stereocenters. The number of para-hydroxylation sites is 1. The molecule has 0 atom stereocenters. The fraction of sp³-hybridized carbons (Fsp3) is 0.125. The van der Waals surface area contributed by atoms with E-state index < -0.39 is 0 Å². The summed E-state index contributed by atoms with van der Waals surface area (Å²) in [6.07, 6.45) is 0. The van der Waals surface area contributed by atoms with Gasteiger partial charge in [0.25, 0.3) is 0 Å². The molecule has 3 N–H and O–H groups in total. The van der Waals surface area contributed by atoms with E-state index in [1.54, 1.807) is 24.3 Å². The Balaban J connectivity index is 2.75. The normalized spacial score (nSPS) is 9.50. The Morgan fingerprint density at radius 2 is 2.17 bits per heavy atom. The molecule has 1 rings (SSSR count). The van der Waals surface area contributed by atoms with E-state index >= 15 is 0 Å². The van der Waals surface area contributed by atoms with Crippen molar-refractivity contribution in [1.82, 2.24) is 0 Å². The summed E-state index contributed by atoms with van der Waals surface area (Å²) >= 11 is 5.77. The predicted molar refractivity (Wildman–Crippen MR) is 49.1 cm³/mol. The largest absolute Gasteiger partial charge is 0.324 e. The molecule has 3 nitrogen and oxygen atoms in total. The van der Waals surface area contributed by atoms with E-state index in [-0.39, 0.29) is 12.5 Å². The highest BCUT2D eigenvalue weighted by Gasteiger charge is 2.01. The van der Waals surface area contributed by atoms with Crippen molar-refractivity contribution in [2.24, 2.45) is 5.73 Å². The summed E-state index contributed by atoms with van der Waals surface area (Å²) in [5.74, 6) is -0.247. The molecule has 0 aliphatic rings. The summed E-state index contributed by atoms with van der Waals surface area (Å²) in [6.45, 7) is -0.0365. The summed E-state index contributed by atoms with van der Waals surface area (Å²) in [4.78, 5) is 10.8. The zero-order valence-corrected chi connectivity index (χ0v) is 7.14. The summed E-state index contributed by atoms with van der Waals surface area (Å²) < 4.78 is 0. The zero-order chi connectivity index (χ0) is 8.97. The maximum absolute atomic E-state index is 10.8. The number of amides is 1. The van der Waals surface area contributed by atoms with Gasteiger partial charge in [-0.15, -0.1) is 0 Å². The molecule has 0 bridgehead atoms. The van der Waals surface area contributed by atoms with Crippen LogP contribution in [0.25, 0.3) is 0 Å². The number of anilines is 1. The lowest BCUT2D eigenvalue weighted by Crippen LogP contribution is -2.21. The lowest BCUT2D eigenvalue weighted by atomic mass is 10.3. The van der Waals surface area contributed by atoms with Crippen LogP contribution < -0.4 is 11.1 Å². The van der Waals surface area contributed by atoms with E-state index in [1.165, 1.54) is 0 Å². The second-order valence-electron chi connectivity index (χ2n) is 2.23. The van der Waals surface area contributed by atoms with Crippen LogP contribution >= 0.6 is 11.6 Å². The molecular weight excluding hydrogens is 176 g/mol. The van der Waals surface area contributed by atoms with Crippen LogP contribution in [0.1, 0.15) is 0 Å². The fourth-order valence-electron chi connectivity index (χ4n) is 0.764. The van der Waals surface area contributed by atoms with Crippen molar-refractivity contribution in [3.63, 3.8) is 0 Å². The number of nitrogens with one attached hydrogen (secondary N) is 1. The van der Waals surface area contributed by atoms with Crippen LogP contribution in [0.4, 0.5) is 5.69 Å². The maximum atomic E-state index is 10.8. The van der Waals surface area contributed by atoms with E-state index in [2.05, 4.69) is 5.32 Å². The molecule has 0 heterocycles. The molecular formula is C8H9ClN2O. The average Bonchev–Trinajstić information content (AvgIpc) is 2.09. The van der Waals surface area contributed by atoms with Crippen LogP contribution in [0.15, 0.2) is 24.3 Å². The molecule has 4 heteroatoms. The van der Waals surface area contributed by atoms with E-state index in [0.717, 1.165) is 0 Å². The van der Waals surface area contributed by atoms with Gasteiger partial charge in [-0.1, -0.05) is 23.7 Å². The molecule has 0 radical (unpaired) electrons. The smallest absolute Gasteiger partial charge is 0.238 e. The van der Waals surface area contributed by atoms with Crippen LogP contribution in [-0.4, -0.2) is 12.5 Å². The average molecular weight is 185 g/mol. The van der Waals surface area contributed by atoms with Gasteiger partial charge in [0.05, 0.1) is 17.3 Å². The molecule has 0 spiro atoms. The summed E-state index contributed by atoms with van der Waals surface area (Å²) in [7, 11) is 0. The zero-order valence-electron chi connectivity index (χ0n) is 6.38. The summed E-state index contributed by atoms with van der Waals surface area (Å²) in [6, 6.07) is 7.00. The van der Waals surface area contributed by atoms with Crippen molar-refractivity contribution in [2.45, 2.75) is 0 Å². The molecule has 0 aliphatic carbocycles. The van der Waals surface area contributed by atoms with Gasteiger partial charge >= 0.3 is 0 Å². The minimum absolute atomic E-state index is 0.0365. The third-order valence-electron chi connectivity index (χ3n) is 1.33. The van der Waals surface area contributed by atoms with E-state index in [0.29, 0.717) is 10.7 Å². The maximum Gasteiger partial charge on any atom is 0.238 e. The molecule has 0 saturated heterocycles. The van der Waals surface area contributed by atoms with Crippen molar-refractivity contribution in [1.29, 1.82) is 0 Å². The Hall–Kier alpha value is -1.06. The van der Waals surface area contributed by atoms with Gasteiger partial charge in [-0.05, 0) is 12.1 Å². The third-order valence-corrected chi connectivity index (χ3v) is 1.66. The number of benzene rings is 1. The highest BCUT2D eigenvalue weighted by Crippen LogP contribution is 2.19. The van der Waals surface area contributed by atoms with Gasteiger partial charge in [0.2, 0.25) is 5.91 Å². The first kappa shape index (κ1) is 9.03. The van der Waals surface area contributed by atoms with Gasteiger partial charge in [-0.3, -0.25) is 4.79 Å². The van der Waals surface area contributed by atoms with Gasteiger partial charge in [0, 0.05) is 0 Å². The van der Waals surface area contributed by atoms with E-state index in [9.17, 15) is 4.79 Å². The minimum atomic E-state index is -0.247. The highest BCUT2D eigenvalue weighted by atomic mass is 35.5. The van der Waals surface area contributed by atoms with Crippen molar-refractivity contribution in [3.8, 4) is 0 Å². The summed E-state index contributed by atoms with van der Waals surface area (Å²) in [5, 5.41) is 3.08. The van der Waals surface area contributed by atoms with Gasteiger partial charge < -0.3 is 11.1 Å². The first-order valence-corrected chi connectivity index (χ1v) is 3.86. The fourth-order valence-corrected chi connectivity index (χ4v) is 0.947. The monoisotopic (exact) mass is 184 g/mol. The molecule has 0 aliphatic heterocycles. The molecule has 0 fully saturated rings. The molecule has 1 aromatic rings. The van der Waals surface area contributed by atoms with Crippen LogP contribution in [0.2, 0.25) is 5.02 Å².